The molecule has 33 heavy (non-hydrogen) atoms. The smallest absolute Gasteiger partial charge is 0.338 e. The summed E-state index contributed by atoms with van der Waals surface area (Å²) in [6.45, 7) is 2.02. The van der Waals surface area contributed by atoms with Crippen molar-refractivity contribution >= 4 is 40.4 Å². The van der Waals surface area contributed by atoms with Crippen LogP contribution in [-0.2, 0) is 0 Å². The highest BCUT2D eigenvalue weighted by Gasteiger charge is 2.27. The van der Waals surface area contributed by atoms with Crippen molar-refractivity contribution < 1.29 is 9.36 Å². The van der Waals surface area contributed by atoms with Crippen LogP contribution in [0, 0.1) is 6.92 Å². The van der Waals surface area contributed by atoms with E-state index in [0.717, 1.165) is 33.9 Å². The molecule has 0 amide bonds. The Morgan fingerprint density at radius 2 is 1.88 bits per heavy atom. The molecular weight excluding hydrogens is 450 g/mol. The lowest BCUT2D eigenvalue weighted by Crippen LogP contribution is -2.38. The number of rotatable bonds is 4. The van der Waals surface area contributed by atoms with Gasteiger partial charge >= 0.3 is 5.16 Å². The van der Waals surface area contributed by atoms with E-state index in [2.05, 4.69) is 40.1 Å². The highest BCUT2D eigenvalue weighted by Crippen LogP contribution is 2.45. The Hall–Kier alpha value is -3.49. The summed E-state index contributed by atoms with van der Waals surface area (Å²) in [6, 6.07) is 20.3. The lowest BCUT2D eigenvalue weighted by atomic mass is 10.2. The molecule has 2 aromatic heterocycles. The number of nitrogens with zero attached hydrogens (tertiary/aromatic N) is 5. The molecular formula is C25H20N5OS2+. The first-order valence-corrected chi connectivity index (χ1v) is 11.9. The minimum atomic E-state index is -0.204. The summed E-state index contributed by atoms with van der Waals surface area (Å²) in [6.07, 6.45) is 6.60. The molecule has 0 fully saturated rings. The first kappa shape index (κ1) is 21.4. The Labute approximate surface area is 200 Å². The van der Waals surface area contributed by atoms with E-state index in [1.54, 1.807) is 18.0 Å². The van der Waals surface area contributed by atoms with E-state index in [-0.39, 0.29) is 5.12 Å². The summed E-state index contributed by atoms with van der Waals surface area (Å²) in [4.78, 5) is 29.4. The van der Waals surface area contributed by atoms with E-state index in [4.69, 9.17) is 4.98 Å². The second-order valence-corrected chi connectivity index (χ2v) is 9.37. The maximum Gasteiger partial charge on any atom is 0.373 e. The molecule has 0 saturated carbocycles. The van der Waals surface area contributed by atoms with Gasteiger partial charge in [-0.1, -0.05) is 42.1 Å². The molecule has 0 atom stereocenters. The minimum absolute atomic E-state index is 0.204. The summed E-state index contributed by atoms with van der Waals surface area (Å²) in [5.41, 5.74) is 4.17. The number of anilines is 1. The minimum Gasteiger partial charge on any atom is -0.338 e. The Kier molecular flexibility index (Phi) is 5.93. The number of hydrogen-bond acceptors (Lipinski definition) is 7. The van der Waals surface area contributed by atoms with Crippen LogP contribution in [0.25, 0.3) is 11.8 Å². The average Bonchev–Trinajstić information content (AvgIpc) is 3.15. The molecule has 0 aliphatic carbocycles. The monoisotopic (exact) mass is 470 g/mol. The van der Waals surface area contributed by atoms with Crippen LogP contribution in [0.1, 0.15) is 21.9 Å². The largest absolute Gasteiger partial charge is 0.373 e. The molecule has 1 aliphatic heterocycles. The van der Waals surface area contributed by atoms with Gasteiger partial charge in [-0.15, -0.1) is 0 Å². The maximum absolute atomic E-state index is 12.9. The van der Waals surface area contributed by atoms with Crippen molar-refractivity contribution in [3.63, 3.8) is 0 Å². The van der Waals surface area contributed by atoms with Crippen LogP contribution < -0.4 is 9.47 Å². The van der Waals surface area contributed by atoms with Gasteiger partial charge in [-0.05, 0) is 36.2 Å². The molecule has 0 radical (unpaired) electrons. The van der Waals surface area contributed by atoms with E-state index < -0.39 is 0 Å². The van der Waals surface area contributed by atoms with Crippen molar-refractivity contribution in [2.24, 2.45) is 0 Å². The fourth-order valence-electron chi connectivity index (χ4n) is 3.57. The fraction of sp³-hybridized carbons (Fsp3) is 0.0800. The summed E-state index contributed by atoms with van der Waals surface area (Å²) in [7, 11) is 2.05. The molecule has 1 aliphatic rings. The number of benzene rings is 2. The van der Waals surface area contributed by atoms with Gasteiger partial charge in [-0.3, -0.25) is 9.78 Å². The van der Waals surface area contributed by atoms with Gasteiger partial charge < -0.3 is 4.90 Å². The molecule has 0 spiro atoms. The van der Waals surface area contributed by atoms with Crippen LogP contribution in [0.5, 0.6) is 0 Å². The first-order valence-electron chi connectivity index (χ1n) is 10.3. The van der Waals surface area contributed by atoms with Crippen molar-refractivity contribution in [3.05, 3.63) is 101 Å². The summed E-state index contributed by atoms with van der Waals surface area (Å²) in [5, 5.41) is 1.45. The van der Waals surface area contributed by atoms with Crippen molar-refractivity contribution in [2.45, 2.75) is 17.0 Å². The number of para-hydroxylation sites is 2. The number of aromatic nitrogens is 4. The highest BCUT2D eigenvalue weighted by atomic mass is 32.2. The molecule has 4 aromatic rings. The number of fused-ring (bicyclic) bond motifs is 1. The normalized spacial score (nSPS) is 13.9. The third-order valence-corrected chi connectivity index (χ3v) is 7.16. The zero-order valence-electron chi connectivity index (χ0n) is 18.0. The lowest BCUT2D eigenvalue weighted by molar-refractivity contribution is -0.647. The molecule has 162 valence electrons. The van der Waals surface area contributed by atoms with Crippen molar-refractivity contribution in [1.29, 1.82) is 0 Å². The van der Waals surface area contributed by atoms with Crippen LogP contribution in [0.2, 0.25) is 0 Å². The maximum atomic E-state index is 12.9. The predicted molar refractivity (Wildman–Crippen MR) is 131 cm³/mol. The molecule has 0 N–H and O–H groups in total. The third-order valence-electron chi connectivity index (χ3n) is 5.14. The van der Waals surface area contributed by atoms with Gasteiger partial charge in [-0.25, -0.2) is 4.98 Å². The number of carbonyl (C=O) groups is 1. The van der Waals surface area contributed by atoms with E-state index in [9.17, 15) is 4.79 Å². The summed E-state index contributed by atoms with van der Waals surface area (Å²) >= 11 is 2.76. The lowest BCUT2D eigenvalue weighted by Gasteiger charge is -2.13. The van der Waals surface area contributed by atoms with E-state index in [1.165, 1.54) is 23.0 Å². The molecule has 3 heterocycles. The Balaban J connectivity index is 1.56. The summed E-state index contributed by atoms with van der Waals surface area (Å²) < 4.78 is 1.99. The van der Waals surface area contributed by atoms with Crippen molar-refractivity contribution in [1.82, 2.24) is 15.0 Å². The number of aryl methyl sites for hydroxylation is 1. The van der Waals surface area contributed by atoms with Crippen LogP contribution in [0.4, 0.5) is 5.69 Å². The Morgan fingerprint density at radius 3 is 2.64 bits per heavy atom. The Morgan fingerprint density at radius 1 is 1.09 bits per heavy atom. The second kappa shape index (κ2) is 9.17. The summed E-state index contributed by atoms with van der Waals surface area (Å²) in [5.74, 6) is 0. The molecule has 0 saturated heterocycles. The third kappa shape index (κ3) is 4.40. The van der Waals surface area contributed by atoms with Crippen LogP contribution in [-0.4, -0.2) is 27.1 Å². The van der Waals surface area contributed by atoms with Crippen LogP contribution in [0.3, 0.4) is 0 Å². The Bertz CT molecular complexity index is 1360. The number of carbonyl (C=O) groups excluding carboxylic acids is 1. The van der Waals surface area contributed by atoms with E-state index >= 15 is 0 Å². The first-order chi connectivity index (χ1) is 16.1. The molecule has 0 bridgehead atoms. The van der Waals surface area contributed by atoms with Gasteiger partial charge in [0.1, 0.15) is 17.1 Å². The van der Waals surface area contributed by atoms with Crippen LogP contribution >= 0.6 is 23.5 Å². The average molecular weight is 471 g/mol. The van der Waals surface area contributed by atoms with Gasteiger partial charge in [0.2, 0.25) is 0 Å². The van der Waals surface area contributed by atoms with E-state index in [0.29, 0.717) is 10.9 Å². The second-order valence-electron chi connectivity index (χ2n) is 7.37. The topological polar surface area (TPSA) is 62.9 Å². The van der Waals surface area contributed by atoms with Crippen molar-refractivity contribution in [2.75, 3.05) is 11.9 Å². The highest BCUT2D eigenvalue weighted by molar-refractivity contribution is 8.13. The molecule has 2 aromatic carbocycles. The van der Waals surface area contributed by atoms with Gasteiger partial charge in [0.25, 0.3) is 5.12 Å². The van der Waals surface area contributed by atoms with Gasteiger partial charge in [0.05, 0.1) is 16.9 Å². The zero-order chi connectivity index (χ0) is 22.8. The number of thioether (sulfide) groups is 2. The standard InChI is InChI=1S/C25H20N5OS2/c1-17-14-18(15-23-29(2)21-10-6-7-11-22(21)32-23)28-25(30(17)19-8-4-3-5-9-19)33-24(31)20-16-26-12-13-27-20/h3-16H,1-2H3/q+1. The SMILES string of the molecule is Cc1cc(/C=C2\Sc3ccccc3N2C)nc(SC(=O)c2cnccn2)[n+]1-c1ccccc1. The number of hydrogen-bond donors (Lipinski definition) is 0. The van der Waals surface area contributed by atoms with E-state index in [1.807, 2.05) is 60.0 Å². The predicted octanol–water partition coefficient (Wildman–Crippen LogP) is 4.93. The van der Waals surface area contributed by atoms with Gasteiger partial charge in [0, 0.05) is 48.2 Å². The van der Waals surface area contributed by atoms with Crippen LogP contribution in [0.15, 0.2) is 94.3 Å². The fourth-order valence-corrected chi connectivity index (χ4v) is 5.53. The quantitative estimate of drug-likeness (QED) is 0.238. The zero-order valence-corrected chi connectivity index (χ0v) is 19.7. The van der Waals surface area contributed by atoms with Crippen molar-refractivity contribution in [3.8, 4) is 5.69 Å². The van der Waals surface area contributed by atoms with Gasteiger partial charge in [0.15, 0.2) is 5.69 Å². The molecule has 0 unspecified atom stereocenters. The molecule has 5 rings (SSSR count). The van der Waals surface area contributed by atoms with Gasteiger partial charge in [-0.2, -0.15) is 4.57 Å². The molecule has 8 heteroatoms. The molecule has 6 nitrogen and oxygen atoms in total.